The Labute approximate surface area is 148 Å². The van der Waals surface area contributed by atoms with Crippen LogP contribution in [-0.4, -0.2) is 43.2 Å². The molecule has 4 rings (SSSR count). The van der Waals surface area contributed by atoms with E-state index in [-0.39, 0.29) is 11.4 Å². The molecule has 134 valence electrons. The molecule has 1 amide bonds. The van der Waals surface area contributed by atoms with Crippen molar-refractivity contribution in [2.75, 3.05) is 13.1 Å². The first-order valence-electron chi connectivity index (χ1n) is 9.30. The number of hydrogen-bond donors (Lipinski definition) is 0. The molecule has 0 bridgehead atoms. The molecular weight excluding hydrogens is 314 g/mol. The van der Waals surface area contributed by atoms with Crippen molar-refractivity contribution in [3.63, 3.8) is 0 Å². The zero-order chi connectivity index (χ0) is 17.6. The normalized spacial score (nSPS) is 21.6. The first kappa shape index (κ1) is 16.4. The zero-order valence-electron chi connectivity index (χ0n) is 15.4. The fraction of sp³-hybridized carbons (Fsp3) is 0.632. The van der Waals surface area contributed by atoms with E-state index in [1.165, 1.54) is 18.5 Å². The second-order valence-electron chi connectivity index (χ2n) is 8.37. The molecule has 1 aliphatic carbocycles. The van der Waals surface area contributed by atoms with Crippen LogP contribution in [0.15, 0.2) is 24.8 Å². The Kier molecular flexibility index (Phi) is 3.93. The standard InChI is InChI=1S/C19H27N5O/c1-19(2,3)24-17(14-6-7-14)11-16(21-24)18(25)22-9-4-5-15(12-22)23-10-8-20-13-23/h8,10-11,13-15H,4-7,9,12H2,1-3H3/t15-/m0/s1. The van der Waals surface area contributed by atoms with E-state index in [9.17, 15) is 4.79 Å². The van der Waals surface area contributed by atoms with Crippen molar-refractivity contribution in [2.24, 2.45) is 0 Å². The highest BCUT2D eigenvalue weighted by atomic mass is 16.2. The maximum absolute atomic E-state index is 13.1. The van der Waals surface area contributed by atoms with E-state index in [0.717, 1.165) is 25.9 Å². The number of rotatable bonds is 3. The van der Waals surface area contributed by atoms with Gasteiger partial charge in [-0.3, -0.25) is 9.48 Å². The minimum atomic E-state index is -0.0995. The number of aromatic nitrogens is 4. The summed E-state index contributed by atoms with van der Waals surface area (Å²) in [5, 5.41) is 4.71. The van der Waals surface area contributed by atoms with Gasteiger partial charge in [-0.25, -0.2) is 4.98 Å². The van der Waals surface area contributed by atoms with E-state index in [0.29, 0.717) is 17.7 Å². The molecule has 2 aromatic heterocycles. The average molecular weight is 341 g/mol. The molecule has 0 aromatic carbocycles. The van der Waals surface area contributed by atoms with Gasteiger partial charge in [0.1, 0.15) is 0 Å². The number of carbonyl (C=O) groups excluding carboxylic acids is 1. The molecule has 0 radical (unpaired) electrons. The molecule has 0 N–H and O–H groups in total. The molecule has 6 nitrogen and oxygen atoms in total. The molecule has 2 aromatic rings. The molecule has 3 heterocycles. The summed E-state index contributed by atoms with van der Waals surface area (Å²) in [6.45, 7) is 7.99. The van der Waals surface area contributed by atoms with Gasteiger partial charge in [0.2, 0.25) is 0 Å². The van der Waals surface area contributed by atoms with Crippen molar-refractivity contribution in [1.82, 2.24) is 24.2 Å². The van der Waals surface area contributed by atoms with Crippen LogP contribution in [0.4, 0.5) is 0 Å². The third-order valence-electron chi connectivity index (χ3n) is 5.22. The van der Waals surface area contributed by atoms with Crippen LogP contribution in [0, 0.1) is 0 Å². The van der Waals surface area contributed by atoms with E-state index < -0.39 is 0 Å². The van der Waals surface area contributed by atoms with Crippen LogP contribution in [0.2, 0.25) is 0 Å². The largest absolute Gasteiger partial charge is 0.335 e. The summed E-state index contributed by atoms with van der Waals surface area (Å²) in [6, 6.07) is 2.35. The summed E-state index contributed by atoms with van der Waals surface area (Å²) in [6.07, 6.45) is 10.2. The number of piperidine rings is 1. The topological polar surface area (TPSA) is 56.0 Å². The van der Waals surface area contributed by atoms with Gasteiger partial charge < -0.3 is 9.47 Å². The fourth-order valence-corrected chi connectivity index (χ4v) is 3.74. The van der Waals surface area contributed by atoms with Gasteiger partial charge in [0.15, 0.2) is 5.69 Å². The van der Waals surface area contributed by atoms with Gasteiger partial charge in [-0.05, 0) is 52.5 Å². The molecule has 2 fully saturated rings. The van der Waals surface area contributed by atoms with Crippen LogP contribution < -0.4 is 0 Å². The lowest BCUT2D eigenvalue weighted by Crippen LogP contribution is -2.40. The lowest BCUT2D eigenvalue weighted by molar-refractivity contribution is 0.0671. The summed E-state index contributed by atoms with van der Waals surface area (Å²) in [5.41, 5.74) is 1.72. The quantitative estimate of drug-likeness (QED) is 0.861. The molecule has 1 atom stereocenters. The SMILES string of the molecule is CC(C)(C)n1nc(C(=O)N2CCC[C@H](n3ccnc3)C2)cc1C1CC1. The number of hydrogen-bond acceptors (Lipinski definition) is 3. The predicted octanol–water partition coefficient (Wildman–Crippen LogP) is 3.19. The van der Waals surface area contributed by atoms with Gasteiger partial charge in [-0.1, -0.05) is 0 Å². The lowest BCUT2D eigenvalue weighted by atomic mass is 10.1. The van der Waals surface area contributed by atoms with Gasteiger partial charge in [0.25, 0.3) is 5.91 Å². The van der Waals surface area contributed by atoms with Crippen molar-refractivity contribution < 1.29 is 4.79 Å². The highest BCUT2D eigenvalue weighted by molar-refractivity contribution is 5.92. The monoisotopic (exact) mass is 341 g/mol. The highest BCUT2D eigenvalue weighted by Crippen LogP contribution is 2.42. The Hall–Kier alpha value is -2.11. The van der Waals surface area contributed by atoms with Crippen LogP contribution in [0.3, 0.4) is 0 Å². The summed E-state index contributed by atoms with van der Waals surface area (Å²) >= 11 is 0. The predicted molar refractivity (Wildman–Crippen MR) is 95.6 cm³/mol. The first-order valence-corrected chi connectivity index (χ1v) is 9.30. The summed E-state index contributed by atoms with van der Waals surface area (Å²) in [7, 11) is 0. The Morgan fingerprint density at radius 3 is 2.68 bits per heavy atom. The third kappa shape index (κ3) is 3.22. The molecule has 2 aliphatic rings. The molecular formula is C19H27N5O. The fourth-order valence-electron chi connectivity index (χ4n) is 3.74. The van der Waals surface area contributed by atoms with Crippen LogP contribution in [0.1, 0.15) is 74.6 Å². The van der Waals surface area contributed by atoms with E-state index in [2.05, 4.69) is 35.0 Å². The first-order chi connectivity index (χ1) is 11.9. The van der Waals surface area contributed by atoms with E-state index in [1.54, 1.807) is 6.20 Å². The number of nitrogens with zero attached hydrogens (tertiary/aromatic N) is 5. The van der Waals surface area contributed by atoms with Crippen molar-refractivity contribution in [1.29, 1.82) is 0 Å². The molecule has 1 saturated carbocycles. The van der Waals surface area contributed by atoms with E-state index >= 15 is 0 Å². The van der Waals surface area contributed by atoms with Crippen molar-refractivity contribution in [2.45, 2.75) is 64.0 Å². The average Bonchev–Trinajstić information content (AvgIpc) is 3.12. The molecule has 1 saturated heterocycles. The number of carbonyl (C=O) groups is 1. The minimum Gasteiger partial charge on any atom is -0.335 e. The Balaban J connectivity index is 1.56. The summed E-state index contributed by atoms with van der Waals surface area (Å²) in [5.74, 6) is 0.642. The van der Waals surface area contributed by atoms with Gasteiger partial charge in [0, 0.05) is 37.1 Å². The maximum Gasteiger partial charge on any atom is 0.274 e. The van der Waals surface area contributed by atoms with Crippen molar-refractivity contribution in [3.05, 3.63) is 36.2 Å². The van der Waals surface area contributed by atoms with Gasteiger partial charge in [-0.2, -0.15) is 5.10 Å². The second kappa shape index (κ2) is 6.00. The van der Waals surface area contributed by atoms with Gasteiger partial charge in [-0.15, -0.1) is 0 Å². The van der Waals surface area contributed by atoms with E-state index in [4.69, 9.17) is 5.10 Å². The number of imidazole rings is 1. The molecule has 1 aliphatic heterocycles. The van der Waals surface area contributed by atoms with Gasteiger partial charge >= 0.3 is 0 Å². The Morgan fingerprint density at radius 1 is 1.24 bits per heavy atom. The smallest absolute Gasteiger partial charge is 0.274 e. The lowest BCUT2D eigenvalue weighted by Gasteiger charge is -2.33. The van der Waals surface area contributed by atoms with Crippen LogP contribution >= 0.6 is 0 Å². The van der Waals surface area contributed by atoms with Crippen molar-refractivity contribution in [3.8, 4) is 0 Å². The molecule has 6 heteroatoms. The highest BCUT2D eigenvalue weighted by Gasteiger charge is 2.34. The Bertz CT molecular complexity index is 751. The van der Waals surface area contributed by atoms with Crippen LogP contribution in [0.25, 0.3) is 0 Å². The zero-order valence-corrected chi connectivity index (χ0v) is 15.4. The minimum absolute atomic E-state index is 0.0646. The Morgan fingerprint density at radius 2 is 2.04 bits per heavy atom. The summed E-state index contributed by atoms with van der Waals surface area (Å²) in [4.78, 5) is 19.2. The van der Waals surface area contributed by atoms with Crippen LogP contribution in [-0.2, 0) is 5.54 Å². The van der Waals surface area contributed by atoms with Crippen molar-refractivity contribution >= 4 is 5.91 Å². The second-order valence-corrected chi connectivity index (χ2v) is 8.37. The van der Waals surface area contributed by atoms with Gasteiger partial charge in [0.05, 0.1) is 17.9 Å². The maximum atomic E-state index is 13.1. The number of likely N-dealkylation sites (tertiary alicyclic amines) is 1. The van der Waals surface area contributed by atoms with E-state index in [1.807, 2.05) is 23.5 Å². The van der Waals surface area contributed by atoms with Crippen LogP contribution in [0.5, 0.6) is 0 Å². The summed E-state index contributed by atoms with van der Waals surface area (Å²) < 4.78 is 4.18. The molecule has 25 heavy (non-hydrogen) atoms. The number of amides is 1. The molecule has 0 unspecified atom stereocenters. The third-order valence-corrected chi connectivity index (χ3v) is 5.22. The molecule has 0 spiro atoms.